The van der Waals surface area contributed by atoms with Crippen LogP contribution < -0.4 is 16.0 Å². The molecule has 0 saturated heterocycles. The topological polar surface area (TPSA) is 134 Å². The largest absolute Gasteiger partial charge is 0.480 e. The normalized spacial score (nSPS) is 12.2. The first-order valence-electron chi connectivity index (χ1n) is 10.4. The second kappa shape index (κ2) is 10.7. The van der Waals surface area contributed by atoms with E-state index in [0.29, 0.717) is 5.56 Å². The van der Waals surface area contributed by atoms with Crippen molar-refractivity contribution in [3.63, 3.8) is 0 Å². The molecule has 0 saturated carbocycles. The van der Waals surface area contributed by atoms with Gasteiger partial charge in [-0.05, 0) is 30.2 Å². The first-order valence-corrected chi connectivity index (χ1v) is 10.8. The lowest BCUT2D eigenvalue weighted by Crippen LogP contribution is -2.44. The fourth-order valence-electron chi connectivity index (χ4n) is 3.13. The number of hydrogen-bond donors (Lipinski definition) is 4. The third-order valence-electron chi connectivity index (χ3n) is 4.95. The summed E-state index contributed by atoms with van der Waals surface area (Å²) < 4.78 is 44.6. The van der Waals surface area contributed by atoms with E-state index in [1.165, 1.54) is 36.4 Å². The summed E-state index contributed by atoms with van der Waals surface area (Å²) in [5, 5.41) is 19.6. The minimum atomic E-state index is -4.72. The van der Waals surface area contributed by atoms with Gasteiger partial charge in [0.25, 0.3) is 5.91 Å². The van der Waals surface area contributed by atoms with Gasteiger partial charge in [-0.2, -0.15) is 13.2 Å². The number of carboxylic acids is 1. The number of nitrogens with zero attached hydrogens (tertiary/aromatic N) is 1. The van der Waals surface area contributed by atoms with E-state index in [9.17, 15) is 32.7 Å². The smallest absolute Gasteiger partial charge is 0.418 e. The maximum Gasteiger partial charge on any atom is 0.418 e. The van der Waals surface area contributed by atoms with Crippen LogP contribution in [0.2, 0.25) is 5.02 Å². The number of alkyl halides is 3. The summed E-state index contributed by atoms with van der Waals surface area (Å²) in [5.74, 6) is -2.49. The number of anilines is 2. The number of carbonyl (C=O) groups is 3. The molecule has 1 heterocycles. The lowest BCUT2D eigenvalue weighted by atomic mass is 10.0. The Bertz CT molecular complexity index is 1280. The number of rotatable bonds is 7. The Labute approximate surface area is 207 Å². The van der Waals surface area contributed by atoms with Crippen LogP contribution in [0.1, 0.15) is 30.0 Å². The summed E-state index contributed by atoms with van der Waals surface area (Å²) >= 11 is 5.84. The number of aromatic nitrogens is 1. The summed E-state index contributed by atoms with van der Waals surface area (Å²) in [6.07, 6.45) is -4.72. The van der Waals surface area contributed by atoms with E-state index in [1.807, 2.05) is 0 Å². The Morgan fingerprint density at radius 2 is 1.72 bits per heavy atom. The minimum Gasteiger partial charge on any atom is -0.480 e. The molecular weight excluding hydrogens is 505 g/mol. The van der Waals surface area contributed by atoms with Crippen molar-refractivity contribution < 1.29 is 37.2 Å². The van der Waals surface area contributed by atoms with Crippen LogP contribution in [0.25, 0.3) is 11.3 Å². The monoisotopic (exact) mass is 524 g/mol. The first kappa shape index (κ1) is 26.5. The molecule has 9 nitrogen and oxygen atoms in total. The Morgan fingerprint density at radius 1 is 1.06 bits per heavy atom. The molecule has 0 radical (unpaired) electrons. The molecule has 36 heavy (non-hydrogen) atoms. The fourth-order valence-corrected chi connectivity index (χ4v) is 3.35. The summed E-state index contributed by atoms with van der Waals surface area (Å²) in [6.45, 7) is 3.29. The van der Waals surface area contributed by atoms with Gasteiger partial charge in [0.2, 0.25) is 5.76 Å². The van der Waals surface area contributed by atoms with Crippen molar-refractivity contribution in [2.24, 2.45) is 5.92 Å². The molecule has 0 bridgehead atoms. The van der Waals surface area contributed by atoms with Crippen molar-refractivity contribution >= 4 is 40.9 Å². The number of carboxylic acid groups (broad SMARTS) is 1. The van der Waals surface area contributed by atoms with Crippen LogP contribution in [-0.2, 0) is 11.0 Å². The van der Waals surface area contributed by atoms with Gasteiger partial charge in [-0.15, -0.1) is 0 Å². The van der Waals surface area contributed by atoms with Gasteiger partial charge < -0.3 is 25.6 Å². The zero-order chi connectivity index (χ0) is 26.6. The second-order valence-corrected chi connectivity index (χ2v) is 8.33. The SMILES string of the molecule is CC(C)[C@H](NC(=O)c1cc(-c2ccc(NC(=O)Nc3c(Cl)cccc3C(F)(F)F)cc2)no1)C(=O)O. The van der Waals surface area contributed by atoms with Crippen LogP contribution in [0.5, 0.6) is 0 Å². The second-order valence-electron chi connectivity index (χ2n) is 7.93. The van der Waals surface area contributed by atoms with Crippen LogP contribution in [0.4, 0.5) is 29.3 Å². The zero-order valence-electron chi connectivity index (χ0n) is 18.8. The van der Waals surface area contributed by atoms with Crippen molar-refractivity contribution in [1.29, 1.82) is 0 Å². The summed E-state index contributed by atoms with van der Waals surface area (Å²) in [5.41, 5.74) is -0.655. The predicted molar refractivity (Wildman–Crippen MR) is 125 cm³/mol. The van der Waals surface area contributed by atoms with E-state index in [2.05, 4.69) is 21.1 Å². The molecule has 3 aromatic rings. The Morgan fingerprint density at radius 3 is 2.31 bits per heavy atom. The highest BCUT2D eigenvalue weighted by Crippen LogP contribution is 2.38. The quantitative estimate of drug-likeness (QED) is 0.322. The molecule has 190 valence electrons. The average molecular weight is 525 g/mol. The molecule has 0 aliphatic heterocycles. The third-order valence-corrected chi connectivity index (χ3v) is 5.26. The fraction of sp³-hybridized carbons (Fsp3) is 0.217. The van der Waals surface area contributed by atoms with Crippen LogP contribution >= 0.6 is 11.6 Å². The van der Waals surface area contributed by atoms with Crippen molar-refractivity contribution in [2.75, 3.05) is 10.6 Å². The van der Waals surface area contributed by atoms with Crippen molar-refractivity contribution in [1.82, 2.24) is 10.5 Å². The van der Waals surface area contributed by atoms with Gasteiger partial charge in [-0.3, -0.25) is 4.79 Å². The molecule has 4 N–H and O–H groups in total. The Balaban J connectivity index is 1.68. The standard InChI is InChI=1S/C23H20ClF3N4O5/c1-11(2)18(21(33)34)29-20(32)17-10-16(31-36-17)12-6-8-13(9-7-12)28-22(35)30-19-14(23(25,26)27)4-3-5-15(19)24/h3-11,18H,1-2H3,(H,29,32)(H,33,34)(H2,28,30,35)/t18-/m0/s1. The number of nitrogens with one attached hydrogen (secondary N) is 3. The summed E-state index contributed by atoms with van der Waals surface area (Å²) in [6, 6.07) is 8.38. The van der Waals surface area contributed by atoms with E-state index in [-0.39, 0.29) is 28.1 Å². The number of benzene rings is 2. The maximum atomic E-state index is 13.2. The highest BCUT2D eigenvalue weighted by Gasteiger charge is 2.35. The molecule has 1 atom stereocenters. The molecule has 0 spiro atoms. The van der Waals surface area contributed by atoms with E-state index >= 15 is 0 Å². The molecule has 3 amide bonds. The zero-order valence-corrected chi connectivity index (χ0v) is 19.6. The predicted octanol–water partition coefficient (Wildman–Crippen LogP) is 5.50. The molecule has 13 heteroatoms. The molecule has 0 aliphatic carbocycles. The Hall–Kier alpha value is -4.06. The molecule has 1 aromatic heterocycles. The molecule has 3 rings (SSSR count). The van der Waals surface area contributed by atoms with Gasteiger partial charge in [0, 0.05) is 17.3 Å². The minimum absolute atomic E-state index is 0.196. The van der Waals surface area contributed by atoms with Crippen molar-refractivity contribution in [3.8, 4) is 11.3 Å². The van der Waals surface area contributed by atoms with Crippen LogP contribution in [-0.4, -0.2) is 34.2 Å². The number of carbonyl (C=O) groups excluding carboxylic acids is 2. The molecule has 0 unspecified atom stereocenters. The number of urea groups is 1. The van der Waals surface area contributed by atoms with Gasteiger partial charge in [0.05, 0.1) is 16.3 Å². The summed E-state index contributed by atoms with van der Waals surface area (Å²) in [4.78, 5) is 35.8. The van der Waals surface area contributed by atoms with E-state index in [4.69, 9.17) is 16.1 Å². The van der Waals surface area contributed by atoms with Gasteiger partial charge in [0.1, 0.15) is 11.7 Å². The van der Waals surface area contributed by atoms with Crippen LogP contribution in [0.15, 0.2) is 53.1 Å². The van der Waals surface area contributed by atoms with Gasteiger partial charge in [0.15, 0.2) is 0 Å². The number of hydrogen-bond acceptors (Lipinski definition) is 5. The number of aliphatic carboxylic acids is 1. The van der Waals surface area contributed by atoms with Crippen molar-refractivity contribution in [2.45, 2.75) is 26.1 Å². The van der Waals surface area contributed by atoms with Gasteiger partial charge in [-0.1, -0.05) is 48.8 Å². The number of halogens is 4. The van der Waals surface area contributed by atoms with E-state index in [1.54, 1.807) is 13.8 Å². The third kappa shape index (κ3) is 6.33. The highest BCUT2D eigenvalue weighted by molar-refractivity contribution is 6.34. The molecular formula is C23H20ClF3N4O5. The molecule has 0 aliphatic rings. The van der Waals surface area contributed by atoms with E-state index in [0.717, 1.165) is 12.1 Å². The van der Waals surface area contributed by atoms with Crippen LogP contribution in [0.3, 0.4) is 0 Å². The average Bonchev–Trinajstić information content (AvgIpc) is 3.28. The summed E-state index contributed by atoms with van der Waals surface area (Å²) in [7, 11) is 0. The maximum absolute atomic E-state index is 13.2. The highest BCUT2D eigenvalue weighted by atomic mass is 35.5. The number of amides is 3. The number of para-hydroxylation sites is 1. The van der Waals surface area contributed by atoms with Gasteiger partial charge in [-0.25, -0.2) is 9.59 Å². The van der Waals surface area contributed by atoms with E-state index < -0.39 is 41.4 Å². The van der Waals surface area contributed by atoms with Crippen molar-refractivity contribution in [3.05, 3.63) is 64.9 Å². The first-order chi connectivity index (χ1) is 16.9. The lowest BCUT2D eigenvalue weighted by Gasteiger charge is -2.16. The molecule has 0 fully saturated rings. The molecule has 2 aromatic carbocycles. The lowest BCUT2D eigenvalue weighted by molar-refractivity contribution is -0.140. The van der Waals surface area contributed by atoms with Gasteiger partial charge >= 0.3 is 18.2 Å². The van der Waals surface area contributed by atoms with Crippen LogP contribution in [0, 0.1) is 5.92 Å². The Kier molecular flexibility index (Phi) is 7.88.